The van der Waals surface area contributed by atoms with E-state index in [0.29, 0.717) is 21.5 Å². The number of carbonyl (C=O) groups excluding carboxylic acids is 2. The summed E-state index contributed by atoms with van der Waals surface area (Å²) in [5.41, 5.74) is 1.49. The summed E-state index contributed by atoms with van der Waals surface area (Å²) in [7, 11) is 1.83. The number of thiophene rings is 1. The van der Waals surface area contributed by atoms with Gasteiger partial charge in [0.25, 0.3) is 0 Å². The molecule has 0 bridgehead atoms. The lowest BCUT2D eigenvalue weighted by atomic mass is 10.2. The van der Waals surface area contributed by atoms with E-state index >= 15 is 0 Å². The van der Waals surface area contributed by atoms with Crippen molar-refractivity contribution < 1.29 is 19.1 Å². The Morgan fingerprint density at radius 2 is 2.03 bits per heavy atom. The highest BCUT2D eigenvalue weighted by Gasteiger charge is 2.19. The molecule has 164 valence electrons. The van der Waals surface area contributed by atoms with Gasteiger partial charge in [0.05, 0.1) is 17.9 Å². The van der Waals surface area contributed by atoms with Gasteiger partial charge in [0, 0.05) is 11.9 Å². The van der Waals surface area contributed by atoms with Gasteiger partial charge in [0.2, 0.25) is 5.91 Å². The first-order chi connectivity index (χ1) is 14.9. The van der Waals surface area contributed by atoms with E-state index in [1.54, 1.807) is 17.6 Å². The van der Waals surface area contributed by atoms with E-state index in [1.807, 2.05) is 45.2 Å². The smallest absolute Gasteiger partial charge is 0.341 e. The zero-order valence-corrected chi connectivity index (χ0v) is 19.4. The number of hydrogen-bond donors (Lipinski definition) is 1. The van der Waals surface area contributed by atoms with Gasteiger partial charge >= 0.3 is 5.97 Å². The van der Waals surface area contributed by atoms with Crippen LogP contribution in [0.15, 0.2) is 35.5 Å². The predicted molar refractivity (Wildman–Crippen MR) is 121 cm³/mol. The second-order valence-corrected chi connectivity index (χ2v) is 8.92. The summed E-state index contributed by atoms with van der Waals surface area (Å²) >= 11 is 2.60. The topological polar surface area (TPSA) is 95.3 Å². The molecule has 0 fully saturated rings. The molecule has 0 aliphatic heterocycles. The molecule has 0 saturated heterocycles. The van der Waals surface area contributed by atoms with E-state index in [9.17, 15) is 9.59 Å². The minimum atomic E-state index is -0.443. The summed E-state index contributed by atoms with van der Waals surface area (Å²) in [5.74, 6) is 0.867. The summed E-state index contributed by atoms with van der Waals surface area (Å²) in [6, 6.07) is 9.49. The number of thioether (sulfide) groups is 1. The van der Waals surface area contributed by atoms with Crippen LogP contribution in [0.1, 0.15) is 33.5 Å². The number of rotatable bonds is 9. The Bertz CT molecular complexity index is 1080. The van der Waals surface area contributed by atoms with Gasteiger partial charge in [-0.1, -0.05) is 23.9 Å². The Hall–Kier alpha value is -2.85. The Balaban J connectivity index is 1.56. The lowest BCUT2D eigenvalue weighted by Crippen LogP contribution is -2.16. The van der Waals surface area contributed by atoms with E-state index in [1.165, 1.54) is 23.1 Å². The molecule has 0 atom stereocenters. The van der Waals surface area contributed by atoms with E-state index in [0.717, 1.165) is 16.2 Å². The standard InChI is InChI=1S/C21H24N4O4S2/c1-5-28-20(27)16-10-14(3)31-19(16)22-18(26)12-30-21-24-23-17(25(21)4)11-29-15-8-6-7-13(2)9-15/h6-10H,5,11-12H2,1-4H3,(H,22,26). The van der Waals surface area contributed by atoms with E-state index in [4.69, 9.17) is 9.47 Å². The van der Waals surface area contributed by atoms with Crippen molar-refractivity contribution in [2.75, 3.05) is 17.7 Å². The van der Waals surface area contributed by atoms with Crippen LogP contribution in [0.5, 0.6) is 5.75 Å². The van der Waals surface area contributed by atoms with Gasteiger partial charge in [-0.15, -0.1) is 21.5 Å². The molecule has 0 radical (unpaired) electrons. The Labute approximate surface area is 189 Å². The molecule has 8 nitrogen and oxygen atoms in total. The van der Waals surface area contributed by atoms with Crippen LogP contribution in [0.2, 0.25) is 0 Å². The van der Waals surface area contributed by atoms with Crippen molar-refractivity contribution in [1.82, 2.24) is 14.8 Å². The van der Waals surface area contributed by atoms with Crippen molar-refractivity contribution >= 4 is 40.0 Å². The Morgan fingerprint density at radius 3 is 2.77 bits per heavy atom. The molecule has 0 unspecified atom stereocenters. The number of amides is 1. The number of nitrogens with zero attached hydrogens (tertiary/aromatic N) is 3. The molecular weight excluding hydrogens is 436 g/mol. The van der Waals surface area contributed by atoms with Gasteiger partial charge in [-0.25, -0.2) is 4.79 Å². The third kappa shape index (κ3) is 6.08. The zero-order valence-electron chi connectivity index (χ0n) is 17.8. The largest absolute Gasteiger partial charge is 0.486 e. The number of anilines is 1. The van der Waals surface area contributed by atoms with Crippen LogP contribution in [-0.2, 0) is 23.2 Å². The summed E-state index contributed by atoms with van der Waals surface area (Å²) in [5, 5.41) is 12.2. The van der Waals surface area contributed by atoms with Crippen molar-refractivity contribution in [3.8, 4) is 5.75 Å². The molecule has 2 aromatic heterocycles. The fourth-order valence-electron chi connectivity index (χ4n) is 2.71. The van der Waals surface area contributed by atoms with Crippen molar-refractivity contribution in [1.29, 1.82) is 0 Å². The molecule has 3 aromatic rings. The normalized spacial score (nSPS) is 10.7. The van der Waals surface area contributed by atoms with Gasteiger partial charge in [-0.2, -0.15) is 0 Å². The van der Waals surface area contributed by atoms with Crippen molar-refractivity contribution in [3.05, 3.63) is 52.2 Å². The number of aromatic nitrogens is 3. The molecule has 1 amide bonds. The van der Waals surface area contributed by atoms with E-state index < -0.39 is 5.97 Å². The highest BCUT2D eigenvalue weighted by atomic mass is 32.2. The number of esters is 1. The maximum Gasteiger partial charge on any atom is 0.341 e. The highest BCUT2D eigenvalue weighted by Crippen LogP contribution is 2.29. The number of aryl methyl sites for hydroxylation is 2. The van der Waals surface area contributed by atoms with Gasteiger partial charge in [-0.05, 0) is 44.5 Å². The highest BCUT2D eigenvalue weighted by molar-refractivity contribution is 7.99. The van der Waals surface area contributed by atoms with Gasteiger partial charge in [-0.3, -0.25) is 4.79 Å². The van der Waals surface area contributed by atoms with Crippen LogP contribution in [0, 0.1) is 13.8 Å². The SMILES string of the molecule is CCOC(=O)c1cc(C)sc1NC(=O)CSc1nnc(COc2cccc(C)c2)n1C. The molecule has 0 aliphatic carbocycles. The fraction of sp³-hybridized carbons (Fsp3) is 0.333. The average Bonchev–Trinajstić information content (AvgIpc) is 3.27. The summed E-state index contributed by atoms with van der Waals surface area (Å²) in [6.07, 6.45) is 0. The molecule has 3 rings (SSSR count). The van der Waals surface area contributed by atoms with Crippen molar-refractivity contribution in [3.63, 3.8) is 0 Å². The van der Waals surface area contributed by atoms with Crippen molar-refractivity contribution in [2.45, 2.75) is 32.5 Å². The molecule has 0 spiro atoms. The number of nitrogens with one attached hydrogen (secondary N) is 1. The maximum absolute atomic E-state index is 12.4. The minimum Gasteiger partial charge on any atom is -0.486 e. The lowest BCUT2D eigenvalue weighted by molar-refractivity contribution is -0.113. The number of ether oxygens (including phenoxy) is 2. The van der Waals surface area contributed by atoms with E-state index in [2.05, 4.69) is 15.5 Å². The summed E-state index contributed by atoms with van der Waals surface area (Å²) in [4.78, 5) is 25.4. The van der Waals surface area contributed by atoms with Crippen LogP contribution in [0.3, 0.4) is 0 Å². The summed E-state index contributed by atoms with van der Waals surface area (Å²) in [6.45, 7) is 6.17. The molecule has 2 heterocycles. The average molecular weight is 461 g/mol. The number of benzene rings is 1. The van der Waals surface area contributed by atoms with Crippen LogP contribution in [-0.4, -0.2) is 39.0 Å². The van der Waals surface area contributed by atoms with Crippen LogP contribution in [0.4, 0.5) is 5.00 Å². The Morgan fingerprint density at radius 1 is 1.23 bits per heavy atom. The molecule has 10 heteroatoms. The van der Waals surface area contributed by atoms with Gasteiger partial charge < -0.3 is 19.4 Å². The first-order valence-corrected chi connectivity index (χ1v) is 11.5. The molecule has 0 saturated carbocycles. The molecule has 1 aromatic carbocycles. The third-order valence-electron chi connectivity index (χ3n) is 4.22. The van der Waals surface area contributed by atoms with Crippen LogP contribution >= 0.6 is 23.1 Å². The van der Waals surface area contributed by atoms with Gasteiger partial charge in [0.15, 0.2) is 11.0 Å². The molecule has 0 aliphatic rings. The second kappa shape index (κ2) is 10.5. The number of carbonyl (C=O) groups is 2. The Kier molecular flexibility index (Phi) is 7.69. The van der Waals surface area contributed by atoms with Crippen LogP contribution in [0.25, 0.3) is 0 Å². The van der Waals surface area contributed by atoms with Crippen LogP contribution < -0.4 is 10.1 Å². The quantitative estimate of drug-likeness (QED) is 0.381. The lowest BCUT2D eigenvalue weighted by Gasteiger charge is -2.07. The molecular formula is C21H24N4O4S2. The molecule has 1 N–H and O–H groups in total. The maximum atomic E-state index is 12.4. The summed E-state index contributed by atoms with van der Waals surface area (Å²) < 4.78 is 12.6. The minimum absolute atomic E-state index is 0.129. The first-order valence-electron chi connectivity index (χ1n) is 9.65. The second-order valence-electron chi connectivity index (χ2n) is 6.72. The third-order valence-corrected chi connectivity index (χ3v) is 6.20. The van der Waals surface area contributed by atoms with E-state index in [-0.39, 0.29) is 24.9 Å². The molecule has 31 heavy (non-hydrogen) atoms. The predicted octanol–water partition coefficient (Wildman–Crippen LogP) is 3.98. The van der Waals surface area contributed by atoms with Gasteiger partial charge in [0.1, 0.15) is 17.4 Å². The fourth-order valence-corrected chi connectivity index (χ4v) is 4.36. The monoisotopic (exact) mass is 460 g/mol. The number of hydrogen-bond acceptors (Lipinski definition) is 8. The zero-order chi connectivity index (χ0) is 22.4. The van der Waals surface area contributed by atoms with Crippen molar-refractivity contribution in [2.24, 2.45) is 7.05 Å². The first kappa shape index (κ1) is 22.8.